The molecule has 1 aromatic carbocycles. The number of aromatic nitrogens is 2. The van der Waals surface area contributed by atoms with Crippen LogP contribution in [0.3, 0.4) is 0 Å². The van der Waals surface area contributed by atoms with E-state index < -0.39 is 21.8 Å². The third kappa shape index (κ3) is 4.61. The summed E-state index contributed by atoms with van der Waals surface area (Å²) in [5, 5.41) is 6.78. The van der Waals surface area contributed by atoms with Gasteiger partial charge in [0.2, 0.25) is 0 Å². The Morgan fingerprint density at radius 3 is 2.67 bits per heavy atom. The van der Waals surface area contributed by atoms with Crippen LogP contribution in [0.4, 0.5) is 8.78 Å². The molecular weight excluding hydrogens is 302 g/mol. The molecule has 0 fully saturated rings. The van der Waals surface area contributed by atoms with Crippen LogP contribution in [0, 0.1) is 11.6 Å². The highest BCUT2D eigenvalue weighted by Gasteiger charge is 2.08. The molecule has 0 radical (unpaired) electrons. The molecule has 0 spiro atoms. The Balaban J connectivity index is 1.96. The molecule has 0 aliphatic heterocycles. The minimum Gasteiger partial charge on any atom is -0.282 e. The van der Waals surface area contributed by atoms with Crippen LogP contribution in [-0.4, -0.2) is 31.5 Å². The number of aromatic amines is 1. The van der Waals surface area contributed by atoms with Crippen molar-refractivity contribution >= 4 is 10.1 Å². The number of nitrogens with zero attached hydrogens (tertiary/aromatic N) is 1. The maximum atomic E-state index is 13.1. The molecule has 0 aliphatic carbocycles. The molecule has 5 nitrogen and oxygen atoms in total. The summed E-state index contributed by atoms with van der Waals surface area (Å²) in [5.41, 5.74) is 1.71. The SMILES string of the molecule is CS(=O)(=O)OCCCc1cc(-c2ccc(F)c(F)c2)n[nH]1. The van der Waals surface area contributed by atoms with Crippen molar-refractivity contribution in [2.24, 2.45) is 0 Å². The first-order chi connectivity index (χ1) is 9.85. The van der Waals surface area contributed by atoms with Crippen LogP contribution < -0.4 is 0 Å². The second kappa shape index (κ2) is 6.31. The van der Waals surface area contributed by atoms with Gasteiger partial charge in [-0.05, 0) is 37.1 Å². The van der Waals surface area contributed by atoms with Gasteiger partial charge in [-0.25, -0.2) is 8.78 Å². The van der Waals surface area contributed by atoms with Crippen LogP contribution in [0.15, 0.2) is 24.3 Å². The first-order valence-electron chi connectivity index (χ1n) is 6.19. The van der Waals surface area contributed by atoms with Gasteiger partial charge < -0.3 is 0 Å². The van der Waals surface area contributed by atoms with Crippen LogP contribution in [0.25, 0.3) is 11.3 Å². The van der Waals surface area contributed by atoms with Crippen molar-refractivity contribution in [3.05, 3.63) is 41.6 Å². The summed E-state index contributed by atoms with van der Waals surface area (Å²) in [7, 11) is -3.43. The van der Waals surface area contributed by atoms with Crippen molar-refractivity contribution in [2.75, 3.05) is 12.9 Å². The van der Waals surface area contributed by atoms with E-state index >= 15 is 0 Å². The van der Waals surface area contributed by atoms with E-state index in [1.807, 2.05) is 0 Å². The molecule has 0 atom stereocenters. The normalized spacial score (nSPS) is 11.8. The lowest BCUT2D eigenvalue weighted by Crippen LogP contribution is -2.04. The topological polar surface area (TPSA) is 72.1 Å². The highest BCUT2D eigenvalue weighted by molar-refractivity contribution is 7.85. The van der Waals surface area contributed by atoms with E-state index in [2.05, 4.69) is 14.4 Å². The predicted molar refractivity (Wildman–Crippen MR) is 73.1 cm³/mol. The third-order valence-corrected chi connectivity index (χ3v) is 3.33. The van der Waals surface area contributed by atoms with Gasteiger partial charge >= 0.3 is 0 Å². The van der Waals surface area contributed by atoms with Gasteiger partial charge in [0.1, 0.15) is 0 Å². The van der Waals surface area contributed by atoms with Gasteiger partial charge in [0, 0.05) is 11.3 Å². The van der Waals surface area contributed by atoms with Crippen LogP contribution in [0.1, 0.15) is 12.1 Å². The molecule has 0 saturated heterocycles. The van der Waals surface area contributed by atoms with Gasteiger partial charge in [-0.3, -0.25) is 9.28 Å². The van der Waals surface area contributed by atoms with Crippen LogP contribution >= 0.6 is 0 Å². The minimum atomic E-state index is -3.43. The van der Waals surface area contributed by atoms with Crippen molar-refractivity contribution in [2.45, 2.75) is 12.8 Å². The van der Waals surface area contributed by atoms with Gasteiger partial charge in [-0.1, -0.05) is 0 Å². The zero-order chi connectivity index (χ0) is 15.5. The van der Waals surface area contributed by atoms with E-state index in [0.717, 1.165) is 24.1 Å². The molecule has 0 unspecified atom stereocenters. The molecule has 2 aromatic rings. The summed E-state index contributed by atoms with van der Waals surface area (Å²) in [6.45, 7) is 0.0817. The highest BCUT2D eigenvalue weighted by atomic mass is 32.2. The summed E-state index contributed by atoms with van der Waals surface area (Å²) < 4.78 is 52.2. The first-order valence-corrected chi connectivity index (χ1v) is 8.01. The highest BCUT2D eigenvalue weighted by Crippen LogP contribution is 2.20. The summed E-state index contributed by atoms with van der Waals surface area (Å²) in [6.07, 6.45) is 2.02. The zero-order valence-electron chi connectivity index (χ0n) is 11.3. The Morgan fingerprint density at radius 1 is 1.24 bits per heavy atom. The summed E-state index contributed by atoms with van der Waals surface area (Å²) >= 11 is 0. The third-order valence-electron chi connectivity index (χ3n) is 2.73. The maximum absolute atomic E-state index is 13.1. The monoisotopic (exact) mass is 316 g/mol. The molecule has 0 bridgehead atoms. The van der Waals surface area contributed by atoms with Crippen molar-refractivity contribution in [1.82, 2.24) is 10.2 Å². The number of H-pyrrole nitrogens is 1. The van der Waals surface area contributed by atoms with E-state index in [1.165, 1.54) is 6.07 Å². The Hall–Kier alpha value is -1.80. The number of hydrogen-bond acceptors (Lipinski definition) is 4. The average molecular weight is 316 g/mol. The molecule has 2 rings (SSSR count). The number of nitrogens with one attached hydrogen (secondary N) is 1. The Morgan fingerprint density at radius 2 is 2.00 bits per heavy atom. The van der Waals surface area contributed by atoms with Crippen LogP contribution in [0.2, 0.25) is 0 Å². The van der Waals surface area contributed by atoms with Gasteiger partial charge in [-0.15, -0.1) is 0 Å². The standard InChI is InChI=1S/C13H14F2N2O3S/c1-21(18,19)20-6-2-3-10-8-13(17-16-10)9-4-5-11(14)12(15)7-9/h4-5,7-8H,2-3,6H2,1H3,(H,16,17). The molecule has 114 valence electrons. The molecule has 1 aromatic heterocycles. The molecule has 0 aliphatic rings. The Kier molecular flexibility index (Phi) is 4.69. The van der Waals surface area contributed by atoms with Gasteiger partial charge in [0.25, 0.3) is 10.1 Å². The molecule has 0 saturated carbocycles. The quantitative estimate of drug-likeness (QED) is 0.655. The van der Waals surface area contributed by atoms with Crippen LogP contribution in [-0.2, 0) is 20.7 Å². The minimum absolute atomic E-state index is 0.0817. The molecule has 1 N–H and O–H groups in total. The predicted octanol–water partition coefficient (Wildman–Crippen LogP) is 2.26. The van der Waals surface area contributed by atoms with E-state index in [1.54, 1.807) is 6.07 Å². The second-order valence-electron chi connectivity index (χ2n) is 4.54. The lowest BCUT2D eigenvalue weighted by Gasteiger charge is -1.99. The molecular formula is C13H14F2N2O3S. The second-order valence-corrected chi connectivity index (χ2v) is 6.18. The smallest absolute Gasteiger partial charge is 0.264 e. The summed E-state index contributed by atoms with van der Waals surface area (Å²) in [5.74, 6) is -1.84. The molecule has 8 heteroatoms. The van der Waals surface area contributed by atoms with Gasteiger partial charge in [0.15, 0.2) is 11.6 Å². The molecule has 21 heavy (non-hydrogen) atoms. The Bertz CT molecular complexity index is 729. The molecule has 0 amide bonds. The van der Waals surface area contributed by atoms with Crippen molar-refractivity contribution in [1.29, 1.82) is 0 Å². The zero-order valence-corrected chi connectivity index (χ0v) is 12.1. The van der Waals surface area contributed by atoms with E-state index in [9.17, 15) is 17.2 Å². The summed E-state index contributed by atoms with van der Waals surface area (Å²) in [4.78, 5) is 0. The van der Waals surface area contributed by atoms with Gasteiger partial charge in [-0.2, -0.15) is 13.5 Å². The fourth-order valence-electron chi connectivity index (χ4n) is 1.77. The van der Waals surface area contributed by atoms with E-state index in [0.29, 0.717) is 24.1 Å². The summed E-state index contributed by atoms with van der Waals surface area (Å²) in [6, 6.07) is 5.25. The molecule has 1 heterocycles. The van der Waals surface area contributed by atoms with Crippen molar-refractivity contribution in [3.63, 3.8) is 0 Å². The van der Waals surface area contributed by atoms with Crippen LogP contribution in [0.5, 0.6) is 0 Å². The lowest BCUT2D eigenvalue weighted by atomic mass is 10.1. The van der Waals surface area contributed by atoms with Crippen molar-refractivity contribution < 1.29 is 21.4 Å². The number of hydrogen-bond donors (Lipinski definition) is 1. The Labute approximate surface area is 121 Å². The van der Waals surface area contributed by atoms with Crippen molar-refractivity contribution in [3.8, 4) is 11.3 Å². The van der Waals surface area contributed by atoms with E-state index in [4.69, 9.17) is 0 Å². The lowest BCUT2D eigenvalue weighted by molar-refractivity contribution is 0.315. The largest absolute Gasteiger partial charge is 0.282 e. The number of aryl methyl sites for hydroxylation is 1. The number of benzene rings is 1. The van der Waals surface area contributed by atoms with Gasteiger partial charge in [0.05, 0.1) is 18.6 Å². The number of halogens is 2. The number of rotatable bonds is 6. The fourth-order valence-corrected chi connectivity index (χ4v) is 2.19. The average Bonchev–Trinajstić information content (AvgIpc) is 2.86. The maximum Gasteiger partial charge on any atom is 0.264 e. The van der Waals surface area contributed by atoms with E-state index in [-0.39, 0.29) is 6.61 Å². The fraction of sp³-hybridized carbons (Fsp3) is 0.308. The first kappa shape index (κ1) is 15.6.